The number of hydrogen-bond acceptors (Lipinski definition) is 5. The maximum Gasteiger partial charge on any atom is 0.276 e. The average Bonchev–Trinajstić information content (AvgIpc) is 3.19. The quantitative estimate of drug-likeness (QED) is 0.678. The zero-order valence-electron chi connectivity index (χ0n) is 14.8. The summed E-state index contributed by atoms with van der Waals surface area (Å²) < 4.78 is 5.59. The van der Waals surface area contributed by atoms with Crippen LogP contribution < -0.4 is 4.90 Å². The van der Waals surface area contributed by atoms with Crippen LogP contribution in [-0.2, 0) is 5.75 Å². The highest BCUT2D eigenvalue weighted by Gasteiger charge is 2.31. The third-order valence-corrected chi connectivity index (χ3v) is 6.28. The second-order valence-electron chi connectivity index (χ2n) is 6.74. The Hall–Kier alpha value is -2.73. The molecule has 0 unspecified atom stereocenters. The molecule has 0 aliphatic carbocycles. The van der Waals surface area contributed by atoms with Gasteiger partial charge in [-0.1, -0.05) is 35.5 Å². The molecule has 3 heterocycles. The van der Waals surface area contributed by atoms with E-state index in [1.165, 1.54) is 10.6 Å². The molecule has 0 bridgehead atoms. The van der Waals surface area contributed by atoms with Gasteiger partial charge in [0.05, 0.1) is 0 Å². The third-order valence-electron chi connectivity index (χ3n) is 5.18. The number of amides is 1. The van der Waals surface area contributed by atoms with Gasteiger partial charge >= 0.3 is 0 Å². The van der Waals surface area contributed by atoms with Crippen molar-refractivity contribution in [3.8, 4) is 11.3 Å². The molecule has 1 fully saturated rings. The Kier molecular flexibility index (Phi) is 4.13. The van der Waals surface area contributed by atoms with Crippen LogP contribution in [0, 0.1) is 0 Å². The van der Waals surface area contributed by atoms with Gasteiger partial charge in [0, 0.05) is 53.6 Å². The summed E-state index contributed by atoms with van der Waals surface area (Å²) in [5.74, 6) is 1.45. The third kappa shape index (κ3) is 2.90. The first-order chi connectivity index (χ1) is 13.3. The minimum Gasteiger partial charge on any atom is -0.368 e. The van der Waals surface area contributed by atoms with Gasteiger partial charge in [-0.15, -0.1) is 11.8 Å². The normalized spacial score (nSPS) is 16.0. The Balaban J connectivity index is 1.34. The fraction of sp³-hybridized carbons (Fsp3) is 0.238. The van der Waals surface area contributed by atoms with Crippen molar-refractivity contribution in [3.63, 3.8) is 0 Å². The largest absolute Gasteiger partial charge is 0.368 e. The number of hydrogen-bond donors (Lipinski definition) is 0. The molecule has 0 N–H and O–H groups in total. The van der Waals surface area contributed by atoms with Crippen LogP contribution in [0.4, 0.5) is 5.69 Å². The van der Waals surface area contributed by atoms with Crippen LogP contribution in [0.5, 0.6) is 0 Å². The maximum atomic E-state index is 13.1. The molecule has 0 spiro atoms. The number of piperazine rings is 1. The lowest BCUT2D eigenvalue weighted by Gasteiger charge is -2.35. The van der Waals surface area contributed by atoms with Crippen LogP contribution in [0.2, 0.25) is 0 Å². The molecular weight excluding hydrogens is 358 g/mol. The Morgan fingerprint density at radius 1 is 0.963 bits per heavy atom. The molecular formula is C21H19N3O2S. The summed E-state index contributed by atoms with van der Waals surface area (Å²) in [6, 6.07) is 18.4. The van der Waals surface area contributed by atoms with Crippen molar-refractivity contribution in [1.29, 1.82) is 0 Å². The van der Waals surface area contributed by atoms with E-state index in [0.29, 0.717) is 18.8 Å². The topological polar surface area (TPSA) is 49.6 Å². The highest BCUT2D eigenvalue weighted by Crippen LogP contribution is 2.42. The lowest BCUT2D eigenvalue weighted by atomic mass is 10.1. The number of rotatable bonds is 2. The Bertz CT molecular complexity index is 978. The molecule has 0 saturated carbocycles. The molecule has 2 aliphatic heterocycles. The molecule has 1 aromatic heterocycles. The van der Waals surface area contributed by atoms with Crippen molar-refractivity contribution in [2.24, 2.45) is 0 Å². The maximum absolute atomic E-state index is 13.1. The van der Waals surface area contributed by atoms with E-state index in [1.807, 2.05) is 41.3 Å². The number of thioether (sulfide) groups is 1. The molecule has 1 saturated heterocycles. The minimum atomic E-state index is -0.0207. The number of nitrogens with zero attached hydrogens (tertiary/aromatic N) is 3. The average molecular weight is 377 g/mol. The first-order valence-corrected chi connectivity index (χ1v) is 10.1. The fourth-order valence-electron chi connectivity index (χ4n) is 3.71. The van der Waals surface area contributed by atoms with Gasteiger partial charge in [-0.2, -0.15) is 0 Å². The van der Waals surface area contributed by atoms with E-state index >= 15 is 0 Å². The summed E-state index contributed by atoms with van der Waals surface area (Å²) in [7, 11) is 0. The predicted octanol–water partition coefficient (Wildman–Crippen LogP) is 3.91. The number of aromatic nitrogens is 1. The zero-order chi connectivity index (χ0) is 18.2. The lowest BCUT2D eigenvalue weighted by Crippen LogP contribution is -2.49. The van der Waals surface area contributed by atoms with Crippen LogP contribution in [0.15, 0.2) is 64.0 Å². The highest BCUT2D eigenvalue weighted by molar-refractivity contribution is 7.98. The molecule has 2 aliphatic rings. The summed E-state index contributed by atoms with van der Waals surface area (Å²) in [5.41, 5.74) is 3.63. The summed E-state index contributed by atoms with van der Waals surface area (Å²) in [5, 5.41) is 4.16. The van der Waals surface area contributed by atoms with E-state index in [-0.39, 0.29) is 5.91 Å². The van der Waals surface area contributed by atoms with Gasteiger partial charge in [0.1, 0.15) is 0 Å². The fourth-order valence-corrected chi connectivity index (χ4v) is 4.77. The zero-order valence-corrected chi connectivity index (χ0v) is 15.6. The van der Waals surface area contributed by atoms with Crippen molar-refractivity contribution >= 4 is 23.4 Å². The first kappa shape index (κ1) is 16.4. The summed E-state index contributed by atoms with van der Waals surface area (Å²) >= 11 is 1.73. The number of carbonyl (C=O) groups is 1. The second-order valence-corrected chi connectivity index (χ2v) is 7.76. The first-order valence-electron chi connectivity index (χ1n) is 9.11. The summed E-state index contributed by atoms with van der Waals surface area (Å²) in [6.45, 7) is 3.04. The summed E-state index contributed by atoms with van der Waals surface area (Å²) in [4.78, 5) is 18.4. The Morgan fingerprint density at radius 3 is 2.52 bits per heavy atom. The van der Waals surface area contributed by atoms with E-state index in [1.54, 1.807) is 11.8 Å². The second kappa shape index (κ2) is 6.78. The Labute approximate surface area is 161 Å². The predicted molar refractivity (Wildman–Crippen MR) is 106 cm³/mol. The van der Waals surface area contributed by atoms with Crippen LogP contribution in [0.1, 0.15) is 16.1 Å². The van der Waals surface area contributed by atoms with Crippen LogP contribution in [0.3, 0.4) is 0 Å². The molecule has 136 valence electrons. The molecule has 0 atom stereocenters. The molecule has 2 aromatic carbocycles. The van der Waals surface area contributed by atoms with E-state index in [2.05, 4.69) is 28.3 Å². The lowest BCUT2D eigenvalue weighted by molar-refractivity contribution is 0.0735. The van der Waals surface area contributed by atoms with Gasteiger partial charge in [0.25, 0.3) is 5.91 Å². The molecule has 0 radical (unpaired) electrons. The van der Waals surface area contributed by atoms with Gasteiger partial charge in [-0.3, -0.25) is 4.79 Å². The molecule has 3 aromatic rings. The molecule has 5 rings (SSSR count). The Morgan fingerprint density at radius 2 is 1.70 bits per heavy atom. The molecule has 27 heavy (non-hydrogen) atoms. The number of fused-ring (bicyclic) bond motifs is 3. The van der Waals surface area contributed by atoms with E-state index < -0.39 is 0 Å². The SMILES string of the molecule is O=C(c1noc2c1CSc1ccccc1-2)N1CCN(c2ccccc2)CC1. The van der Waals surface area contributed by atoms with Crippen LogP contribution >= 0.6 is 11.8 Å². The van der Waals surface area contributed by atoms with Crippen molar-refractivity contribution < 1.29 is 9.32 Å². The summed E-state index contributed by atoms with van der Waals surface area (Å²) in [6.07, 6.45) is 0. The number of para-hydroxylation sites is 1. The van der Waals surface area contributed by atoms with Crippen molar-refractivity contribution in [2.45, 2.75) is 10.6 Å². The molecule has 5 nitrogen and oxygen atoms in total. The van der Waals surface area contributed by atoms with Crippen LogP contribution in [-0.4, -0.2) is 42.1 Å². The van der Waals surface area contributed by atoms with Crippen molar-refractivity contribution in [1.82, 2.24) is 10.1 Å². The monoisotopic (exact) mass is 377 g/mol. The smallest absolute Gasteiger partial charge is 0.276 e. The van der Waals surface area contributed by atoms with Crippen molar-refractivity contribution in [2.75, 3.05) is 31.1 Å². The van der Waals surface area contributed by atoms with Crippen molar-refractivity contribution in [3.05, 3.63) is 65.9 Å². The van der Waals surface area contributed by atoms with Gasteiger partial charge in [0.15, 0.2) is 11.5 Å². The van der Waals surface area contributed by atoms with Gasteiger partial charge in [0.2, 0.25) is 0 Å². The van der Waals surface area contributed by atoms with Crippen LogP contribution in [0.25, 0.3) is 11.3 Å². The van der Waals surface area contributed by atoms with Gasteiger partial charge in [-0.05, 0) is 24.3 Å². The molecule has 6 heteroatoms. The highest BCUT2D eigenvalue weighted by atomic mass is 32.2. The van der Waals surface area contributed by atoms with E-state index in [4.69, 9.17) is 4.52 Å². The van der Waals surface area contributed by atoms with Gasteiger partial charge < -0.3 is 14.3 Å². The van der Waals surface area contributed by atoms with E-state index in [0.717, 1.165) is 35.7 Å². The number of benzene rings is 2. The number of carbonyl (C=O) groups excluding carboxylic acids is 1. The van der Waals surface area contributed by atoms with E-state index in [9.17, 15) is 4.79 Å². The molecule has 1 amide bonds. The number of anilines is 1. The minimum absolute atomic E-state index is 0.0207. The van der Waals surface area contributed by atoms with Gasteiger partial charge in [-0.25, -0.2) is 0 Å². The standard InChI is InChI=1S/C21H19N3O2S/c25-21(24-12-10-23(11-13-24)15-6-2-1-3-7-15)19-17-14-27-18-9-5-4-8-16(18)20(17)26-22-19/h1-9H,10-14H2.